The molecule has 2 amide bonds. The lowest BCUT2D eigenvalue weighted by atomic mass is 9.68. The van der Waals surface area contributed by atoms with Crippen LogP contribution in [0.3, 0.4) is 0 Å². The van der Waals surface area contributed by atoms with E-state index >= 15 is 0 Å². The maximum Gasteiger partial charge on any atom is 0.305 e. The Labute approximate surface area is 276 Å². The minimum absolute atomic E-state index is 0.0495. The Hall–Kier alpha value is -3.68. The number of hydrogen-bond acceptors (Lipinski definition) is 9. The summed E-state index contributed by atoms with van der Waals surface area (Å²) in [5.74, 6) is -2.57. The number of rotatable bonds is 11. The van der Waals surface area contributed by atoms with Crippen LogP contribution < -0.4 is 9.61 Å². The van der Waals surface area contributed by atoms with E-state index in [0.29, 0.717) is 47.0 Å². The lowest BCUT2D eigenvalue weighted by Gasteiger charge is -2.43. The van der Waals surface area contributed by atoms with E-state index in [1.807, 2.05) is 12.1 Å². The lowest BCUT2D eigenvalue weighted by molar-refractivity contribution is -0.385. The Morgan fingerprint density at radius 3 is 2.61 bits per heavy atom. The first-order valence-electron chi connectivity index (χ1n) is 15.2. The maximum atomic E-state index is 13.8. The van der Waals surface area contributed by atoms with Gasteiger partial charge in [-0.05, 0) is 60.8 Å². The topological polar surface area (TPSA) is 160 Å². The van der Waals surface area contributed by atoms with Gasteiger partial charge < -0.3 is 14.8 Å². The first-order valence-corrected chi connectivity index (χ1v) is 17.3. The Kier molecular flexibility index (Phi) is 8.18. The zero-order valence-corrected chi connectivity index (χ0v) is 26.8. The minimum atomic E-state index is -0.870. The number of hydrogen-bond donors (Lipinski definition) is 2. The highest BCUT2D eigenvalue weighted by atomic mass is 35.5. The number of unbranched alkanes of at least 4 members (excludes halogenated alkanes) is 2. The number of nitrogens with zero attached hydrogens (tertiary/aromatic N) is 2. The van der Waals surface area contributed by atoms with Crippen molar-refractivity contribution in [2.45, 2.75) is 54.9 Å². The van der Waals surface area contributed by atoms with Gasteiger partial charge in [0.25, 0.3) is 5.69 Å². The number of benzene rings is 2. The number of carboxylic acids is 1. The molecular formula is C32H30ClN3O8S2. The van der Waals surface area contributed by atoms with Crippen molar-refractivity contribution in [1.29, 1.82) is 0 Å². The van der Waals surface area contributed by atoms with E-state index in [9.17, 15) is 29.3 Å². The van der Waals surface area contributed by atoms with Crippen LogP contribution >= 0.6 is 34.7 Å². The molecule has 3 heterocycles. The predicted molar refractivity (Wildman–Crippen MR) is 170 cm³/mol. The third kappa shape index (κ3) is 5.31. The Morgan fingerprint density at radius 2 is 1.87 bits per heavy atom. The number of non-ortho nitro benzene ring substituents is 1. The quantitative estimate of drug-likeness (QED) is 0.112. The number of H-pyrrole nitrogens is 1. The summed E-state index contributed by atoms with van der Waals surface area (Å²) in [7, 11) is 0. The predicted octanol–water partition coefficient (Wildman–Crippen LogP) is 5.70. The summed E-state index contributed by atoms with van der Waals surface area (Å²) in [6.07, 6.45) is 2.37. The molecule has 46 heavy (non-hydrogen) atoms. The van der Waals surface area contributed by atoms with Crippen LogP contribution in [0.2, 0.25) is 5.02 Å². The van der Waals surface area contributed by atoms with Crippen LogP contribution in [0.25, 0.3) is 0 Å². The van der Waals surface area contributed by atoms with Gasteiger partial charge in [-0.3, -0.25) is 34.2 Å². The number of ether oxygens (including phenoxy) is 1. The smallest absolute Gasteiger partial charge is 0.305 e. The highest BCUT2D eigenvalue weighted by Crippen LogP contribution is 2.69. The highest BCUT2D eigenvalue weighted by Gasteiger charge is 2.69. The van der Waals surface area contributed by atoms with Gasteiger partial charge in [0, 0.05) is 51.7 Å². The molecule has 3 aromatic rings. The van der Waals surface area contributed by atoms with Crippen LogP contribution in [-0.2, 0) is 21.0 Å². The molecule has 4 aliphatic rings. The number of thiazole rings is 1. The van der Waals surface area contributed by atoms with Crippen LogP contribution in [0.1, 0.15) is 54.0 Å². The molecular weight excluding hydrogens is 654 g/mol. The molecule has 2 aliphatic carbocycles. The molecule has 11 nitrogen and oxygen atoms in total. The zero-order chi connectivity index (χ0) is 32.3. The number of halogens is 1. The SMILES string of the molecule is O=C(O)CCCCCN1C(=O)C2C3CC(C2C1=O)C1C3Sc2[nH]c(=O)sc2[C@@H]1c1cc([N+](=O)[O-])ccc1OCc1cccc(Cl)c1. The fraction of sp³-hybridized carbons (Fsp3) is 0.438. The average molecular weight is 684 g/mol. The van der Waals surface area contributed by atoms with Gasteiger partial charge in [0.2, 0.25) is 11.8 Å². The van der Waals surface area contributed by atoms with Gasteiger partial charge in [-0.2, -0.15) is 0 Å². The fourth-order valence-electron chi connectivity index (χ4n) is 8.18. The molecule has 14 heteroatoms. The van der Waals surface area contributed by atoms with Crippen molar-refractivity contribution in [1.82, 2.24) is 9.88 Å². The third-order valence-corrected chi connectivity index (χ3v) is 12.7. The van der Waals surface area contributed by atoms with Gasteiger partial charge >= 0.3 is 10.8 Å². The summed E-state index contributed by atoms with van der Waals surface area (Å²) in [6.45, 7) is 0.436. The number of nitrogens with one attached hydrogen (secondary N) is 1. The molecule has 2 saturated carbocycles. The van der Waals surface area contributed by atoms with Crippen molar-refractivity contribution >= 4 is 58.2 Å². The van der Waals surface area contributed by atoms with E-state index in [-0.39, 0.29) is 65.0 Å². The van der Waals surface area contributed by atoms with Crippen LogP contribution in [0.4, 0.5) is 5.69 Å². The molecule has 2 bridgehead atoms. The normalized spacial score (nSPS) is 27.4. The van der Waals surface area contributed by atoms with E-state index in [1.165, 1.54) is 17.0 Å². The molecule has 6 unspecified atom stereocenters. The molecule has 2 N–H and O–H groups in total. The van der Waals surface area contributed by atoms with E-state index in [1.54, 1.807) is 30.0 Å². The van der Waals surface area contributed by atoms with Crippen molar-refractivity contribution in [3.8, 4) is 5.75 Å². The summed E-state index contributed by atoms with van der Waals surface area (Å²) in [5, 5.41) is 22.1. The largest absolute Gasteiger partial charge is 0.489 e. The number of nitro groups is 1. The highest BCUT2D eigenvalue weighted by molar-refractivity contribution is 8.00. The second-order valence-electron chi connectivity index (χ2n) is 12.4. The number of aromatic nitrogens is 1. The molecule has 7 atom stereocenters. The van der Waals surface area contributed by atoms with Crippen LogP contribution in [-0.4, -0.2) is 49.5 Å². The first kappa shape index (κ1) is 30.9. The summed E-state index contributed by atoms with van der Waals surface area (Å²) >= 11 is 8.80. The summed E-state index contributed by atoms with van der Waals surface area (Å²) in [6, 6.07) is 11.7. The molecule has 0 spiro atoms. The Morgan fingerprint density at radius 1 is 1.09 bits per heavy atom. The van der Waals surface area contributed by atoms with Crippen LogP contribution in [0.5, 0.6) is 5.75 Å². The number of fused-ring (bicyclic) bond motifs is 9. The van der Waals surface area contributed by atoms with Crippen molar-refractivity contribution in [2.75, 3.05) is 6.54 Å². The minimum Gasteiger partial charge on any atom is -0.489 e. The number of carbonyl (C=O) groups is 3. The number of imide groups is 1. The average Bonchev–Trinajstić information content (AvgIpc) is 3.75. The second-order valence-corrected chi connectivity index (χ2v) is 15.0. The van der Waals surface area contributed by atoms with Crippen LogP contribution in [0, 0.1) is 39.7 Å². The third-order valence-electron chi connectivity index (χ3n) is 9.91. The van der Waals surface area contributed by atoms with E-state index in [4.69, 9.17) is 21.4 Å². The van der Waals surface area contributed by atoms with Gasteiger partial charge in [0.1, 0.15) is 12.4 Å². The molecule has 2 aromatic carbocycles. The number of carboxylic acid groups (broad SMARTS) is 1. The molecule has 1 aromatic heterocycles. The number of nitro benzene ring substituents is 1. The number of aliphatic carboxylic acids is 1. The van der Waals surface area contributed by atoms with E-state index < -0.39 is 28.6 Å². The lowest BCUT2D eigenvalue weighted by Crippen LogP contribution is -2.42. The number of aromatic amines is 1. The summed E-state index contributed by atoms with van der Waals surface area (Å²) in [4.78, 5) is 67.5. The second kappa shape index (κ2) is 12.2. The van der Waals surface area contributed by atoms with Gasteiger partial charge in [-0.25, -0.2) is 0 Å². The molecule has 1 saturated heterocycles. The van der Waals surface area contributed by atoms with Crippen molar-refractivity contribution in [3.63, 3.8) is 0 Å². The van der Waals surface area contributed by atoms with Crippen LogP contribution in [0.15, 0.2) is 52.3 Å². The van der Waals surface area contributed by atoms with Crippen molar-refractivity contribution < 1.29 is 29.2 Å². The molecule has 240 valence electrons. The van der Waals surface area contributed by atoms with Crippen molar-refractivity contribution in [2.24, 2.45) is 29.6 Å². The fourth-order valence-corrected chi connectivity index (χ4v) is 11.3. The monoisotopic (exact) mass is 683 g/mol. The standard InChI is InChI=1S/C32H30ClN3O8S2/c33-16-6-4-5-15(11-16)14-44-21-9-8-17(36(42)43)12-18(21)23-24-19-13-20(27(24)45-29-28(23)46-32(41)34-29)26-25(19)30(39)35(31(26)40)10-3-1-2-7-22(37)38/h4-6,8-9,11-12,19-20,23-27H,1-3,7,10,13-14H2,(H,34,41)(H,37,38)/t19?,20?,23-,24?,25?,26?,27?/m1/s1. The molecule has 7 rings (SSSR count). The Balaban J connectivity index is 1.23. The van der Waals surface area contributed by atoms with Gasteiger partial charge in [0.15, 0.2) is 0 Å². The van der Waals surface area contributed by atoms with Gasteiger partial charge in [-0.1, -0.05) is 41.5 Å². The number of thioether (sulfide) groups is 1. The molecule has 2 aliphatic heterocycles. The summed E-state index contributed by atoms with van der Waals surface area (Å²) in [5.41, 5.74) is 1.30. The number of carbonyl (C=O) groups excluding carboxylic acids is 2. The first-order chi connectivity index (χ1) is 22.1. The molecule has 3 fully saturated rings. The van der Waals surface area contributed by atoms with Gasteiger partial charge in [-0.15, -0.1) is 11.8 Å². The maximum absolute atomic E-state index is 13.8. The van der Waals surface area contributed by atoms with E-state index in [0.717, 1.165) is 21.8 Å². The Bertz CT molecular complexity index is 1810. The van der Waals surface area contributed by atoms with E-state index in [2.05, 4.69) is 4.98 Å². The number of amides is 2. The summed E-state index contributed by atoms with van der Waals surface area (Å²) < 4.78 is 6.30. The van der Waals surface area contributed by atoms with Crippen molar-refractivity contribution in [3.05, 3.63) is 83.3 Å². The van der Waals surface area contributed by atoms with Gasteiger partial charge in [0.05, 0.1) is 21.8 Å². The number of likely N-dealkylation sites (tertiary alicyclic amines) is 1. The molecule has 0 radical (unpaired) electrons. The zero-order valence-electron chi connectivity index (χ0n) is 24.4.